The molecule has 0 aliphatic carbocycles. The average Bonchev–Trinajstić information content (AvgIpc) is 2.08. The van der Waals surface area contributed by atoms with Crippen LogP contribution in [0.4, 0.5) is 5.69 Å². The first-order chi connectivity index (χ1) is 6.16. The van der Waals surface area contributed by atoms with E-state index in [1.807, 2.05) is 0 Å². The lowest BCUT2D eigenvalue weighted by Gasteiger charge is -2.24. The molecule has 0 aromatic heterocycles. The zero-order valence-electron chi connectivity index (χ0n) is 6.92. The second-order valence-electron chi connectivity index (χ2n) is 2.87. The third-order valence-electron chi connectivity index (χ3n) is 1.78. The van der Waals surface area contributed by atoms with Gasteiger partial charge in [0, 0.05) is 12.1 Å². The highest BCUT2D eigenvalue weighted by Crippen LogP contribution is 2.37. The number of halogens is 1. The molecule has 0 bridgehead atoms. The standard InChI is InChI=1S/C9H9ClNO2/c1-5-4-12-8-3-7(11)6(10)2-9(8)13-5/h2-3,5H,1,4,11H2/t5-/m1/s1. The number of anilines is 1. The molecule has 0 unspecified atom stereocenters. The van der Waals surface area contributed by atoms with Crippen LogP contribution in [0, 0.1) is 6.92 Å². The van der Waals surface area contributed by atoms with Crippen molar-refractivity contribution < 1.29 is 9.47 Å². The molecule has 0 fully saturated rings. The predicted octanol–water partition coefficient (Wildman–Crippen LogP) is 1.90. The highest BCUT2D eigenvalue weighted by Gasteiger charge is 2.18. The van der Waals surface area contributed by atoms with Crippen molar-refractivity contribution in [2.75, 3.05) is 12.3 Å². The quantitative estimate of drug-likeness (QED) is 0.648. The van der Waals surface area contributed by atoms with Crippen LogP contribution >= 0.6 is 11.6 Å². The molecule has 69 valence electrons. The van der Waals surface area contributed by atoms with E-state index in [1.54, 1.807) is 12.1 Å². The molecule has 0 saturated carbocycles. The highest BCUT2D eigenvalue weighted by molar-refractivity contribution is 6.33. The number of hydrogen-bond acceptors (Lipinski definition) is 3. The molecule has 0 spiro atoms. The molecular formula is C9H9ClNO2. The van der Waals surface area contributed by atoms with Crippen LogP contribution in [0.25, 0.3) is 0 Å². The lowest BCUT2D eigenvalue weighted by molar-refractivity contribution is 0.121. The van der Waals surface area contributed by atoms with E-state index < -0.39 is 0 Å². The Hall–Kier alpha value is -1.09. The highest BCUT2D eigenvalue weighted by atomic mass is 35.5. The molecule has 0 saturated heterocycles. The van der Waals surface area contributed by atoms with Gasteiger partial charge in [-0.3, -0.25) is 0 Å². The molecule has 2 rings (SSSR count). The van der Waals surface area contributed by atoms with Crippen molar-refractivity contribution in [3.63, 3.8) is 0 Å². The van der Waals surface area contributed by atoms with Gasteiger partial charge in [0.05, 0.1) is 10.7 Å². The van der Waals surface area contributed by atoms with Crippen molar-refractivity contribution >= 4 is 17.3 Å². The summed E-state index contributed by atoms with van der Waals surface area (Å²) in [5, 5.41) is 0.469. The Labute approximate surface area is 81.4 Å². The van der Waals surface area contributed by atoms with Crippen LogP contribution in [0.1, 0.15) is 0 Å². The minimum Gasteiger partial charge on any atom is -0.486 e. The topological polar surface area (TPSA) is 44.5 Å². The molecular weight excluding hydrogens is 190 g/mol. The van der Waals surface area contributed by atoms with Gasteiger partial charge in [-0.1, -0.05) is 11.6 Å². The number of ether oxygens (including phenoxy) is 2. The number of nitrogen functional groups attached to an aromatic ring is 1. The minimum absolute atomic E-state index is 0.188. The number of rotatable bonds is 0. The molecule has 2 N–H and O–H groups in total. The van der Waals surface area contributed by atoms with Crippen LogP contribution in [-0.4, -0.2) is 12.7 Å². The number of hydrogen-bond donors (Lipinski definition) is 1. The molecule has 0 amide bonds. The third-order valence-corrected chi connectivity index (χ3v) is 2.11. The number of fused-ring (bicyclic) bond motifs is 1. The van der Waals surface area contributed by atoms with Gasteiger partial charge in [0.1, 0.15) is 12.7 Å². The van der Waals surface area contributed by atoms with Crippen molar-refractivity contribution in [3.05, 3.63) is 24.1 Å². The van der Waals surface area contributed by atoms with Gasteiger partial charge in [-0.2, -0.15) is 0 Å². The van der Waals surface area contributed by atoms with Crippen molar-refractivity contribution in [2.45, 2.75) is 6.10 Å². The maximum absolute atomic E-state index is 5.81. The molecule has 3 nitrogen and oxygen atoms in total. The van der Waals surface area contributed by atoms with Gasteiger partial charge in [-0.15, -0.1) is 0 Å². The molecule has 1 radical (unpaired) electrons. The third kappa shape index (κ3) is 1.52. The van der Waals surface area contributed by atoms with E-state index in [0.29, 0.717) is 28.8 Å². The van der Waals surface area contributed by atoms with E-state index in [1.165, 1.54) is 0 Å². The molecule has 1 aromatic rings. The second kappa shape index (κ2) is 3.00. The molecule has 1 atom stereocenters. The van der Waals surface area contributed by atoms with Gasteiger partial charge < -0.3 is 15.2 Å². The Morgan fingerprint density at radius 2 is 2.23 bits per heavy atom. The summed E-state index contributed by atoms with van der Waals surface area (Å²) in [4.78, 5) is 0. The van der Waals surface area contributed by atoms with Gasteiger partial charge in [-0.05, 0) is 6.92 Å². The minimum atomic E-state index is -0.188. The maximum Gasteiger partial charge on any atom is 0.163 e. The SMILES string of the molecule is [CH2][C@@H]1COc2cc(N)c(Cl)cc2O1. The second-order valence-corrected chi connectivity index (χ2v) is 3.28. The summed E-state index contributed by atoms with van der Waals surface area (Å²) in [5.74, 6) is 1.23. The molecule has 1 aromatic carbocycles. The van der Waals surface area contributed by atoms with Gasteiger partial charge in [-0.25, -0.2) is 0 Å². The van der Waals surface area contributed by atoms with Crippen molar-refractivity contribution in [1.82, 2.24) is 0 Å². The Kier molecular flexibility index (Phi) is 1.96. The van der Waals surface area contributed by atoms with E-state index >= 15 is 0 Å². The Balaban J connectivity index is 2.43. The Morgan fingerprint density at radius 3 is 3.00 bits per heavy atom. The first-order valence-corrected chi connectivity index (χ1v) is 4.26. The van der Waals surface area contributed by atoms with E-state index in [2.05, 4.69) is 6.92 Å². The van der Waals surface area contributed by atoms with E-state index in [0.717, 1.165) is 0 Å². The summed E-state index contributed by atoms with van der Waals surface area (Å²) in [6, 6.07) is 3.30. The van der Waals surface area contributed by atoms with E-state index in [-0.39, 0.29) is 6.10 Å². The fourth-order valence-electron chi connectivity index (χ4n) is 1.15. The average molecular weight is 199 g/mol. The first-order valence-electron chi connectivity index (χ1n) is 3.88. The fourth-order valence-corrected chi connectivity index (χ4v) is 1.31. The van der Waals surface area contributed by atoms with Crippen LogP contribution in [0.5, 0.6) is 11.5 Å². The number of nitrogens with two attached hydrogens (primary N) is 1. The van der Waals surface area contributed by atoms with Crippen LogP contribution in [0.15, 0.2) is 12.1 Å². The van der Waals surface area contributed by atoms with Crippen molar-refractivity contribution in [3.8, 4) is 11.5 Å². The number of benzene rings is 1. The largest absolute Gasteiger partial charge is 0.486 e. The van der Waals surface area contributed by atoms with E-state index in [9.17, 15) is 0 Å². The van der Waals surface area contributed by atoms with Crippen LogP contribution in [0.3, 0.4) is 0 Å². The lowest BCUT2D eigenvalue weighted by atomic mass is 10.2. The summed E-state index contributed by atoms with van der Waals surface area (Å²) in [6.45, 7) is 4.17. The summed E-state index contributed by atoms with van der Waals surface area (Å²) >= 11 is 5.81. The molecule has 13 heavy (non-hydrogen) atoms. The van der Waals surface area contributed by atoms with Gasteiger partial charge in [0.15, 0.2) is 11.5 Å². The molecule has 1 heterocycles. The van der Waals surface area contributed by atoms with Crippen molar-refractivity contribution in [1.29, 1.82) is 0 Å². The molecule has 4 heteroatoms. The van der Waals surface area contributed by atoms with Gasteiger partial charge in [0.2, 0.25) is 0 Å². The lowest BCUT2D eigenvalue weighted by Crippen LogP contribution is -2.26. The first kappa shape index (κ1) is 8.51. The van der Waals surface area contributed by atoms with Crippen molar-refractivity contribution in [2.24, 2.45) is 0 Å². The summed E-state index contributed by atoms with van der Waals surface area (Å²) in [7, 11) is 0. The zero-order valence-corrected chi connectivity index (χ0v) is 7.67. The van der Waals surface area contributed by atoms with Gasteiger partial charge >= 0.3 is 0 Å². The Bertz CT molecular complexity index is 341. The normalized spacial score (nSPS) is 20.0. The molecule has 1 aliphatic heterocycles. The van der Waals surface area contributed by atoms with Crippen LogP contribution < -0.4 is 15.2 Å². The monoisotopic (exact) mass is 198 g/mol. The molecule has 1 aliphatic rings. The summed E-state index contributed by atoms with van der Waals surface area (Å²) in [6.07, 6.45) is -0.188. The predicted molar refractivity (Wildman–Crippen MR) is 51.1 cm³/mol. The van der Waals surface area contributed by atoms with Gasteiger partial charge in [0.25, 0.3) is 0 Å². The Morgan fingerprint density at radius 1 is 1.46 bits per heavy atom. The smallest absolute Gasteiger partial charge is 0.163 e. The summed E-state index contributed by atoms with van der Waals surface area (Å²) in [5.41, 5.74) is 6.09. The maximum atomic E-state index is 5.81. The van der Waals surface area contributed by atoms with Crippen LogP contribution in [0.2, 0.25) is 5.02 Å². The van der Waals surface area contributed by atoms with E-state index in [4.69, 9.17) is 26.8 Å². The van der Waals surface area contributed by atoms with Crippen LogP contribution in [-0.2, 0) is 0 Å². The zero-order chi connectivity index (χ0) is 9.42. The fraction of sp³-hybridized carbons (Fsp3) is 0.222. The summed E-state index contributed by atoms with van der Waals surface area (Å²) < 4.78 is 10.7.